The topological polar surface area (TPSA) is 55.4 Å². The number of ether oxygens (including phenoxy) is 1. The van der Waals surface area contributed by atoms with E-state index in [1.165, 1.54) is 5.56 Å². The Kier molecular flexibility index (Phi) is 6.96. The summed E-state index contributed by atoms with van der Waals surface area (Å²) in [5.41, 5.74) is 3.32. The van der Waals surface area contributed by atoms with E-state index in [-0.39, 0.29) is 12.0 Å². The van der Waals surface area contributed by atoms with Crippen LogP contribution in [-0.4, -0.2) is 18.4 Å². The van der Waals surface area contributed by atoms with E-state index >= 15 is 0 Å². The number of amides is 1. The number of aldehydes is 1. The molecule has 0 aromatic heterocycles. The van der Waals surface area contributed by atoms with Crippen LogP contribution in [-0.2, 0) is 29.0 Å². The number of hydrogen-bond acceptors (Lipinski definition) is 3. The lowest BCUT2D eigenvalue weighted by Crippen LogP contribution is -2.38. The molecule has 0 heterocycles. The van der Waals surface area contributed by atoms with E-state index in [1.807, 2.05) is 48.5 Å². The summed E-state index contributed by atoms with van der Waals surface area (Å²) in [7, 11) is 0. The predicted octanol–water partition coefficient (Wildman–Crippen LogP) is 4.31. The summed E-state index contributed by atoms with van der Waals surface area (Å²) in [6.07, 6.45) is 1.54. The molecule has 2 aromatic carbocycles. The van der Waals surface area contributed by atoms with Crippen LogP contribution in [0.2, 0.25) is 0 Å². The highest BCUT2D eigenvalue weighted by Gasteiger charge is 2.18. The van der Waals surface area contributed by atoms with Crippen molar-refractivity contribution in [3.8, 4) is 0 Å². The average Bonchev–Trinajstić information content (AvgIpc) is 2.60. The Morgan fingerprint density at radius 3 is 2.27 bits per heavy atom. The second-order valence-corrected chi connectivity index (χ2v) is 7.66. The van der Waals surface area contributed by atoms with Crippen LogP contribution in [0, 0.1) is 5.41 Å². The van der Waals surface area contributed by atoms with Gasteiger partial charge in [-0.25, -0.2) is 4.79 Å². The zero-order chi connectivity index (χ0) is 19.0. The van der Waals surface area contributed by atoms with Crippen LogP contribution in [0.1, 0.15) is 37.5 Å². The number of hydrogen-bond donors (Lipinski definition) is 1. The standard InChI is InChI=1S/C22H27NO3/c1-22(2,3)14-19-12-8-7-11-18(19)13-20(15-24)23-21(25)26-16-17-9-5-4-6-10-17/h4-12,15,20H,13-14,16H2,1-3H3,(H,23,25)/t20-/m0/s1. The monoisotopic (exact) mass is 353 g/mol. The second kappa shape index (κ2) is 9.18. The highest BCUT2D eigenvalue weighted by Crippen LogP contribution is 2.23. The Bertz CT molecular complexity index is 720. The fourth-order valence-electron chi connectivity index (χ4n) is 2.79. The van der Waals surface area contributed by atoms with Gasteiger partial charge in [-0.05, 0) is 34.9 Å². The van der Waals surface area contributed by atoms with E-state index in [0.717, 1.165) is 23.8 Å². The Morgan fingerprint density at radius 2 is 1.65 bits per heavy atom. The maximum atomic E-state index is 12.0. The molecule has 0 bridgehead atoms. The van der Waals surface area contributed by atoms with Gasteiger partial charge in [-0.2, -0.15) is 0 Å². The highest BCUT2D eigenvalue weighted by molar-refractivity contribution is 5.73. The van der Waals surface area contributed by atoms with E-state index in [1.54, 1.807) is 0 Å². The van der Waals surface area contributed by atoms with Crippen molar-refractivity contribution in [2.45, 2.75) is 46.3 Å². The first kappa shape index (κ1) is 19.7. The summed E-state index contributed by atoms with van der Waals surface area (Å²) in [5.74, 6) is 0. The van der Waals surface area contributed by atoms with Crippen LogP contribution in [0.25, 0.3) is 0 Å². The molecule has 0 saturated carbocycles. The van der Waals surface area contributed by atoms with Gasteiger partial charge in [-0.3, -0.25) is 0 Å². The number of rotatable bonds is 7. The highest BCUT2D eigenvalue weighted by atomic mass is 16.5. The molecule has 0 aliphatic heterocycles. The minimum absolute atomic E-state index is 0.148. The minimum atomic E-state index is -0.612. The fourth-order valence-corrected chi connectivity index (χ4v) is 2.79. The number of carbonyl (C=O) groups excluding carboxylic acids is 2. The van der Waals surface area contributed by atoms with Crippen molar-refractivity contribution in [2.75, 3.05) is 0 Å². The molecule has 2 rings (SSSR count). The number of carbonyl (C=O) groups is 2. The zero-order valence-electron chi connectivity index (χ0n) is 15.7. The summed E-state index contributed by atoms with van der Waals surface area (Å²) in [5, 5.41) is 2.65. The van der Waals surface area contributed by atoms with Crippen molar-refractivity contribution in [3.63, 3.8) is 0 Å². The summed E-state index contributed by atoms with van der Waals surface area (Å²) in [4.78, 5) is 23.4. The van der Waals surface area contributed by atoms with Crippen LogP contribution in [0.4, 0.5) is 4.79 Å². The molecule has 0 unspecified atom stereocenters. The summed E-state index contributed by atoms with van der Waals surface area (Å²) < 4.78 is 5.20. The van der Waals surface area contributed by atoms with E-state index in [2.05, 4.69) is 32.2 Å². The molecule has 2 aromatic rings. The molecule has 1 atom stereocenters. The minimum Gasteiger partial charge on any atom is -0.445 e. The van der Waals surface area contributed by atoms with Crippen molar-refractivity contribution in [1.82, 2.24) is 5.32 Å². The zero-order valence-corrected chi connectivity index (χ0v) is 15.7. The predicted molar refractivity (Wildman–Crippen MR) is 103 cm³/mol. The van der Waals surface area contributed by atoms with Gasteiger partial charge >= 0.3 is 6.09 Å². The summed E-state index contributed by atoms with van der Waals surface area (Å²) in [6.45, 7) is 6.72. The molecular formula is C22H27NO3. The molecule has 26 heavy (non-hydrogen) atoms. The maximum Gasteiger partial charge on any atom is 0.408 e. The third kappa shape index (κ3) is 6.71. The number of nitrogens with one attached hydrogen (secondary N) is 1. The van der Waals surface area contributed by atoms with Crippen molar-refractivity contribution in [3.05, 3.63) is 71.3 Å². The fraction of sp³-hybridized carbons (Fsp3) is 0.364. The van der Waals surface area contributed by atoms with Crippen LogP contribution in [0.15, 0.2) is 54.6 Å². The van der Waals surface area contributed by atoms with Crippen LogP contribution in [0.3, 0.4) is 0 Å². The van der Waals surface area contributed by atoms with Crippen molar-refractivity contribution in [2.24, 2.45) is 5.41 Å². The molecule has 138 valence electrons. The number of benzene rings is 2. The molecule has 0 radical (unpaired) electrons. The molecule has 1 N–H and O–H groups in total. The average molecular weight is 353 g/mol. The van der Waals surface area contributed by atoms with Crippen molar-refractivity contribution < 1.29 is 14.3 Å². The molecular weight excluding hydrogens is 326 g/mol. The van der Waals surface area contributed by atoms with Gasteiger partial charge in [-0.15, -0.1) is 0 Å². The van der Waals surface area contributed by atoms with Gasteiger partial charge in [0.05, 0.1) is 6.04 Å². The largest absolute Gasteiger partial charge is 0.445 e. The van der Waals surface area contributed by atoms with Crippen molar-refractivity contribution >= 4 is 12.4 Å². The maximum absolute atomic E-state index is 12.0. The van der Waals surface area contributed by atoms with Crippen molar-refractivity contribution in [1.29, 1.82) is 0 Å². The smallest absolute Gasteiger partial charge is 0.408 e. The van der Waals surface area contributed by atoms with E-state index in [9.17, 15) is 9.59 Å². The Hall–Kier alpha value is -2.62. The summed E-state index contributed by atoms with van der Waals surface area (Å²) >= 11 is 0. The van der Waals surface area contributed by atoms with Crippen LogP contribution >= 0.6 is 0 Å². The number of alkyl carbamates (subject to hydrolysis) is 1. The quantitative estimate of drug-likeness (QED) is 0.755. The third-order valence-electron chi connectivity index (χ3n) is 3.96. The third-order valence-corrected chi connectivity index (χ3v) is 3.96. The SMILES string of the molecule is CC(C)(C)Cc1ccccc1C[C@@H](C=O)NC(=O)OCc1ccccc1. The second-order valence-electron chi connectivity index (χ2n) is 7.66. The lowest BCUT2D eigenvalue weighted by atomic mass is 9.85. The molecule has 4 heteroatoms. The molecule has 0 spiro atoms. The lowest BCUT2D eigenvalue weighted by Gasteiger charge is -2.21. The van der Waals surface area contributed by atoms with Crippen LogP contribution < -0.4 is 5.32 Å². The van der Waals surface area contributed by atoms with E-state index < -0.39 is 12.1 Å². The first-order chi connectivity index (χ1) is 12.4. The van der Waals surface area contributed by atoms with Gasteiger partial charge in [0.15, 0.2) is 0 Å². The lowest BCUT2D eigenvalue weighted by molar-refractivity contribution is -0.109. The molecule has 4 nitrogen and oxygen atoms in total. The first-order valence-corrected chi connectivity index (χ1v) is 8.87. The summed E-state index contributed by atoms with van der Waals surface area (Å²) in [6, 6.07) is 16.9. The van der Waals surface area contributed by atoms with Gasteiger partial charge in [-0.1, -0.05) is 75.4 Å². The van der Waals surface area contributed by atoms with Gasteiger partial charge in [0.25, 0.3) is 0 Å². The van der Waals surface area contributed by atoms with Gasteiger partial charge in [0.1, 0.15) is 12.9 Å². The molecule has 0 aliphatic carbocycles. The molecule has 0 aliphatic rings. The normalized spacial score (nSPS) is 12.3. The molecule has 0 fully saturated rings. The van der Waals surface area contributed by atoms with Gasteiger partial charge < -0.3 is 14.8 Å². The molecule has 1 amide bonds. The Balaban J connectivity index is 1.95. The Morgan fingerprint density at radius 1 is 1.04 bits per heavy atom. The first-order valence-electron chi connectivity index (χ1n) is 8.87. The van der Waals surface area contributed by atoms with E-state index in [4.69, 9.17) is 4.74 Å². The van der Waals surface area contributed by atoms with E-state index in [0.29, 0.717) is 6.42 Å². The van der Waals surface area contributed by atoms with Gasteiger partial charge in [0.2, 0.25) is 0 Å². The van der Waals surface area contributed by atoms with Gasteiger partial charge in [0, 0.05) is 0 Å². The molecule has 0 saturated heterocycles. The Labute approximate surface area is 155 Å². The van der Waals surface area contributed by atoms with Crippen LogP contribution in [0.5, 0.6) is 0 Å².